The molecule has 0 saturated heterocycles. The highest BCUT2D eigenvalue weighted by Gasteiger charge is 1.95. The summed E-state index contributed by atoms with van der Waals surface area (Å²) in [6, 6.07) is 0. The molecule has 0 N–H and O–H groups in total. The van der Waals surface area contributed by atoms with Crippen LogP contribution < -0.4 is 0 Å². The molecule has 0 spiro atoms. The van der Waals surface area contributed by atoms with Crippen LogP contribution in [0.2, 0.25) is 0 Å². The molecule has 0 aliphatic carbocycles. The molecular formula is C4H11N3O2S. The lowest BCUT2D eigenvalue weighted by Gasteiger charge is -2.04. The number of hydrazine groups is 1. The summed E-state index contributed by atoms with van der Waals surface area (Å²) in [6.45, 7) is 0. The van der Waals surface area contributed by atoms with Crippen molar-refractivity contribution >= 4 is 11.8 Å². The molecule has 0 aliphatic heterocycles. The van der Waals surface area contributed by atoms with Crippen molar-refractivity contribution in [2.24, 2.45) is 5.28 Å². The van der Waals surface area contributed by atoms with Gasteiger partial charge in [0.15, 0.2) is 5.94 Å². The zero-order chi connectivity index (χ0) is 7.98. The molecule has 0 heterocycles. The van der Waals surface area contributed by atoms with E-state index in [1.165, 1.54) is 16.8 Å². The summed E-state index contributed by atoms with van der Waals surface area (Å²) in [7, 11) is 3.16. The molecule has 0 aliphatic rings. The third-order valence-corrected chi connectivity index (χ3v) is 0.981. The Labute approximate surface area is 64.2 Å². The first-order valence-corrected chi connectivity index (χ1v) is 4.04. The average molecular weight is 165 g/mol. The standard InChI is InChI=1S/C4H11N3O2S/c1-6(2)7(8)5-9-4-10-3/h4H2,1-3H3/b7-5-. The third kappa shape index (κ3) is 4.25. The van der Waals surface area contributed by atoms with Gasteiger partial charge >= 0.3 is 0 Å². The lowest BCUT2D eigenvalue weighted by Crippen LogP contribution is -2.20. The van der Waals surface area contributed by atoms with Crippen molar-refractivity contribution < 1.29 is 9.81 Å². The summed E-state index contributed by atoms with van der Waals surface area (Å²) in [5.74, 6) is 0.395. The average Bonchev–Trinajstić information content (AvgIpc) is 1.88. The van der Waals surface area contributed by atoms with E-state index in [1.54, 1.807) is 14.1 Å². The predicted molar refractivity (Wildman–Crippen MR) is 39.2 cm³/mol. The van der Waals surface area contributed by atoms with E-state index in [1.807, 2.05) is 6.26 Å². The van der Waals surface area contributed by atoms with E-state index in [0.717, 1.165) is 0 Å². The highest BCUT2D eigenvalue weighted by atomic mass is 32.2. The zero-order valence-electron chi connectivity index (χ0n) is 6.27. The Hall–Kier alpha value is -0.650. The first-order chi connectivity index (χ1) is 4.68. The second-order valence-electron chi connectivity index (χ2n) is 1.72. The van der Waals surface area contributed by atoms with E-state index >= 15 is 0 Å². The van der Waals surface area contributed by atoms with Crippen molar-refractivity contribution in [3.05, 3.63) is 5.21 Å². The van der Waals surface area contributed by atoms with Gasteiger partial charge in [-0.3, -0.25) is 0 Å². The van der Waals surface area contributed by atoms with Gasteiger partial charge in [0.05, 0.1) is 19.1 Å². The smallest absolute Gasteiger partial charge is 0.234 e. The first kappa shape index (κ1) is 9.35. The number of hydrogen-bond donors (Lipinski definition) is 0. The Bertz CT molecular complexity index is 117. The van der Waals surface area contributed by atoms with Crippen molar-refractivity contribution in [2.45, 2.75) is 0 Å². The molecule has 10 heavy (non-hydrogen) atoms. The van der Waals surface area contributed by atoms with Crippen molar-refractivity contribution in [2.75, 3.05) is 26.3 Å². The van der Waals surface area contributed by atoms with Gasteiger partial charge in [-0.25, -0.2) is 0 Å². The van der Waals surface area contributed by atoms with Gasteiger partial charge < -0.3 is 10.0 Å². The fourth-order valence-electron chi connectivity index (χ4n) is 0.199. The molecule has 0 bridgehead atoms. The zero-order valence-corrected chi connectivity index (χ0v) is 7.09. The summed E-state index contributed by atoms with van der Waals surface area (Å²) in [6.07, 6.45) is 1.86. The maximum Gasteiger partial charge on any atom is 0.234 e. The van der Waals surface area contributed by atoms with Crippen LogP contribution in [-0.2, 0) is 4.84 Å². The Balaban J connectivity index is 3.48. The van der Waals surface area contributed by atoms with Gasteiger partial charge in [0.25, 0.3) is 0 Å². The molecule has 0 aromatic carbocycles. The monoisotopic (exact) mass is 165 g/mol. The summed E-state index contributed by atoms with van der Waals surface area (Å²) >= 11 is 1.46. The van der Waals surface area contributed by atoms with E-state index in [9.17, 15) is 5.21 Å². The lowest BCUT2D eigenvalue weighted by atomic mass is 11.2. The van der Waals surface area contributed by atoms with E-state index in [0.29, 0.717) is 10.9 Å². The highest BCUT2D eigenvalue weighted by Crippen LogP contribution is 1.92. The van der Waals surface area contributed by atoms with Crippen LogP contribution in [0.3, 0.4) is 0 Å². The molecule has 5 nitrogen and oxygen atoms in total. The van der Waals surface area contributed by atoms with Crippen LogP contribution in [0.5, 0.6) is 0 Å². The second kappa shape index (κ2) is 5.16. The second-order valence-corrected chi connectivity index (χ2v) is 2.53. The van der Waals surface area contributed by atoms with Crippen LogP contribution >= 0.6 is 11.8 Å². The Kier molecular flexibility index (Phi) is 4.82. The van der Waals surface area contributed by atoms with Crippen LogP contribution in [0, 0.1) is 5.21 Å². The molecule has 60 valence electrons. The van der Waals surface area contributed by atoms with Crippen molar-refractivity contribution in [3.63, 3.8) is 0 Å². The molecule has 0 radical (unpaired) electrons. The van der Waals surface area contributed by atoms with Gasteiger partial charge in [-0.2, -0.15) is 5.01 Å². The topological polar surface area (TPSA) is 50.9 Å². The van der Waals surface area contributed by atoms with E-state index in [2.05, 4.69) is 10.1 Å². The van der Waals surface area contributed by atoms with E-state index in [4.69, 9.17) is 0 Å². The van der Waals surface area contributed by atoms with E-state index < -0.39 is 0 Å². The number of rotatable bonds is 4. The van der Waals surface area contributed by atoms with Gasteiger partial charge in [0.2, 0.25) is 5.28 Å². The molecule has 0 unspecified atom stereocenters. The van der Waals surface area contributed by atoms with Gasteiger partial charge in [0.1, 0.15) is 0 Å². The fraction of sp³-hybridized carbons (Fsp3) is 1.00. The van der Waals surface area contributed by atoms with Crippen LogP contribution in [-0.4, -0.2) is 36.3 Å². The molecule has 0 fully saturated rings. The largest absolute Gasteiger partial charge is 0.569 e. The molecular weight excluding hydrogens is 154 g/mol. The van der Waals surface area contributed by atoms with Crippen LogP contribution in [0.1, 0.15) is 0 Å². The Morgan fingerprint density at radius 1 is 1.70 bits per heavy atom. The van der Waals surface area contributed by atoms with Crippen molar-refractivity contribution in [1.29, 1.82) is 0 Å². The van der Waals surface area contributed by atoms with E-state index in [-0.39, 0.29) is 0 Å². The maximum atomic E-state index is 10.6. The minimum absolute atomic E-state index is 0.371. The van der Waals surface area contributed by atoms with Crippen LogP contribution in [0.15, 0.2) is 5.28 Å². The number of nitrogens with zero attached hydrogens (tertiary/aromatic N) is 3. The van der Waals surface area contributed by atoms with Crippen molar-refractivity contribution in [3.8, 4) is 0 Å². The molecule has 0 rings (SSSR count). The minimum Gasteiger partial charge on any atom is -0.569 e. The van der Waals surface area contributed by atoms with Gasteiger partial charge in [-0.1, -0.05) is 0 Å². The molecule has 0 aromatic heterocycles. The van der Waals surface area contributed by atoms with Crippen LogP contribution in [0.4, 0.5) is 0 Å². The first-order valence-electron chi connectivity index (χ1n) is 2.65. The number of hydrogen-bond acceptors (Lipinski definition) is 4. The predicted octanol–water partition coefficient (Wildman–Crippen LogP) is 0.678. The quantitative estimate of drug-likeness (QED) is 0.202. The van der Waals surface area contributed by atoms with Gasteiger partial charge in [-0.15, -0.1) is 11.8 Å². The van der Waals surface area contributed by atoms with Crippen LogP contribution in [0.25, 0.3) is 0 Å². The summed E-state index contributed by atoms with van der Waals surface area (Å²) in [4.78, 5) is 4.94. The minimum atomic E-state index is 0.371. The summed E-state index contributed by atoms with van der Waals surface area (Å²) < 4.78 is 0. The molecule has 0 saturated carbocycles. The van der Waals surface area contributed by atoms with Gasteiger partial charge in [0, 0.05) is 0 Å². The Morgan fingerprint density at radius 2 is 2.30 bits per heavy atom. The normalized spacial score (nSPS) is 11.3. The third-order valence-electron chi connectivity index (χ3n) is 0.640. The SMILES string of the molecule is CSCO/N=[N+](\[O-])N(C)C. The summed E-state index contributed by atoms with van der Waals surface area (Å²) in [5, 5.41) is 15.0. The molecule has 6 heteroatoms. The Morgan fingerprint density at radius 3 is 2.70 bits per heavy atom. The van der Waals surface area contributed by atoms with Gasteiger partial charge in [-0.05, 0) is 6.26 Å². The summed E-state index contributed by atoms with van der Waals surface area (Å²) in [5.41, 5.74) is 0. The maximum absolute atomic E-state index is 10.6. The molecule has 0 aromatic rings. The molecule has 0 amide bonds. The molecule has 0 atom stereocenters. The highest BCUT2D eigenvalue weighted by molar-refractivity contribution is 7.98. The number of thioether (sulfide) groups is 1. The fourth-order valence-corrected chi connectivity index (χ4v) is 0.351. The lowest BCUT2D eigenvalue weighted by molar-refractivity contribution is -0.699. The van der Waals surface area contributed by atoms with Crippen molar-refractivity contribution in [1.82, 2.24) is 5.01 Å².